The van der Waals surface area contributed by atoms with Gasteiger partial charge in [0.05, 0.1) is 36.5 Å². The number of nitriles is 1. The van der Waals surface area contributed by atoms with Gasteiger partial charge in [-0.25, -0.2) is 0 Å². The summed E-state index contributed by atoms with van der Waals surface area (Å²) in [6.07, 6.45) is 1.82. The van der Waals surface area contributed by atoms with E-state index in [0.717, 1.165) is 0 Å². The van der Waals surface area contributed by atoms with Crippen molar-refractivity contribution in [2.75, 3.05) is 27.4 Å². The van der Waals surface area contributed by atoms with E-state index in [0.29, 0.717) is 22.4 Å². The predicted molar refractivity (Wildman–Crippen MR) is 98.7 cm³/mol. The molecule has 0 aliphatic carbocycles. The minimum absolute atomic E-state index is 0.0424. The highest BCUT2D eigenvalue weighted by molar-refractivity contribution is 5.94. The van der Waals surface area contributed by atoms with Crippen molar-refractivity contribution >= 4 is 5.91 Å². The number of ether oxygens (including phenoxy) is 3. The second kappa shape index (κ2) is 8.35. The largest absolute Gasteiger partial charge is 0.479 e. The molecule has 2 heterocycles. The van der Waals surface area contributed by atoms with Crippen LogP contribution >= 0.6 is 0 Å². The molecule has 1 amide bonds. The van der Waals surface area contributed by atoms with Crippen molar-refractivity contribution in [2.24, 2.45) is 0 Å². The number of carbonyl (C=O) groups is 1. The molecule has 8 heteroatoms. The molecule has 0 unspecified atom stereocenters. The number of benzene rings is 1. The summed E-state index contributed by atoms with van der Waals surface area (Å²) in [5.41, 5.74) is 0.0217. The van der Waals surface area contributed by atoms with Gasteiger partial charge >= 0.3 is 0 Å². The second-order valence-corrected chi connectivity index (χ2v) is 6.53. The number of amides is 1. The second-order valence-electron chi connectivity index (χ2n) is 6.53. The highest BCUT2D eigenvalue weighted by Gasteiger charge is 2.50. The van der Waals surface area contributed by atoms with Crippen LogP contribution in [0.1, 0.15) is 27.5 Å². The predicted octanol–water partition coefficient (Wildman–Crippen LogP) is 1.21. The summed E-state index contributed by atoms with van der Waals surface area (Å²) in [6.45, 7) is 0.0847. The summed E-state index contributed by atoms with van der Waals surface area (Å²) in [7, 11) is 2.98. The van der Waals surface area contributed by atoms with Crippen molar-refractivity contribution in [3.05, 3.63) is 59.4 Å². The molecule has 1 aliphatic rings. The Morgan fingerprint density at radius 2 is 2.11 bits per heavy atom. The zero-order valence-corrected chi connectivity index (χ0v) is 15.6. The van der Waals surface area contributed by atoms with Crippen molar-refractivity contribution in [3.8, 4) is 11.8 Å². The SMILES string of the molecule is COCC1(COC)Oc2ccc(C#N)cc2[C@@H](NC(=O)c2cccnc2)[C@@H]1O. The van der Waals surface area contributed by atoms with Gasteiger partial charge in [-0.1, -0.05) is 0 Å². The van der Waals surface area contributed by atoms with Crippen molar-refractivity contribution in [3.63, 3.8) is 0 Å². The molecule has 146 valence electrons. The maximum atomic E-state index is 12.7. The van der Waals surface area contributed by atoms with Crippen LogP contribution in [-0.4, -0.2) is 55.1 Å². The molecule has 8 nitrogen and oxygen atoms in total. The number of hydrogen-bond acceptors (Lipinski definition) is 7. The van der Waals surface area contributed by atoms with Crippen LogP contribution in [0.3, 0.4) is 0 Å². The molecule has 0 radical (unpaired) electrons. The Hall–Kier alpha value is -2.99. The van der Waals surface area contributed by atoms with Crippen LogP contribution in [0.25, 0.3) is 0 Å². The van der Waals surface area contributed by atoms with E-state index in [1.54, 1.807) is 36.5 Å². The molecule has 2 N–H and O–H groups in total. The van der Waals surface area contributed by atoms with E-state index >= 15 is 0 Å². The van der Waals surface area contributed by atoms with Gasteiger partial charge < -0.3 is 24.6 Å². The summed E-state index contributed by atoms with van der Waals surface area (Å²) in [5.74, 6) is 0.0333. The van der Waals surface area contributed by atoms with Crippen LogP contribution in [0, 0.1) is 11.3 Å². The minimum atomic E-state index is -1.22. The van der Waals surface area contributed by atoms with Gasteiger partial charge in [-0.15, -0.1) is 0 Å². The van der Waals surface area contributed by atoms with Crippen LogP contribution in [0.4, 0.5) is 0 Å². The van der Waals surface area contributed by atoms with Gasteiger partial charge in [0.15, 0.2) is 5.60 Å². The maximum Gasteiger partial charge on any atom is 0.253 e. The van der Waals surface area contributed by atoms with Crippen LogP contribution in [-0.2, 0) is 9.47 Å². The van der Waals surface area contributed by atoms with Gasteiger partial charge in [0.1, 0.15) is 11.9 Å². The molecule has 2 aromatic rings. The zero-order chi connectivity index (χ0) is 20.1. The van der Waals surface area contributed by atoms with Gasteiger partial charge in [0.25, 0.3) is 5.91 Å². The first-order valence-electron chi connectivity index (χ1n) is 8.64. The van der Waals surface area contributed by atoms with Crippen molar-refractivity contribution in [1.29, 1.82) is 5.26 Å². The molecule has 0 saturated heterocycles. The molecule has 3 rings (SSSR count). The summed E-state index contributed by atoms with van der Waals surface area (Å²) in [5, 5.41) is 23.2. The third-order valence-electron chi connectivity index (χ3n) is 4.63. The molecule has 0 bridgehead atoms. The third kappa shape index (κ3) is 3.68. The number of methoxy groups -OCH3 is 2. The number of pyridine rings is 1. The fraction of sp³-hybridized carbons (Fsp3) is 0.350. The number of nitrogens with one attached hydrogen (secondary N) is 1. The van der Waals surface area contributed by atoms with Crippen molar-refractivity contribution in [1.82, 2.24) is 10.3 Å². The smallest absolute Gasteiger partial charge is 0.253 e. The number of carbonyl (C=O) groups excluding carboxylic acids is 1. The zero-order valence-electron chi connectivity index (χ0n) is 15.6. The Bertz CT molecular complexity index is 875. The van der Waals surface area contributed by atoms with Crippen molar-refractivity contribution in [2.45, 2.75) is 17.7 Å². The molecule has 28 heavy (non-hydrogen) atoms. The summed E-state index contributed by atoms with van der Waals surface area (Å²) < 4.78 is 16.6. The van der Waals surface area contributed by atoms with Crippen LogP contribution in [0.2, 0.25) is 0 Å². The summed E-state index contributed by atoms with van der Waals surface area (Å²) in [6, 6.07) is 9.34. The van der Waals surface area contributed by atoms with Crippen molar-refractivity contribution < 1.29 is 24.1 Å². The van der Waals surface area contributed by atoms with Gasteiger partial charge in [0, 0.05) is 32.2 Å². The summed E-state index contributed by atoms with van der Waals surface area (Å²) >= 11 is 0. The van der Waals surface area contributed by atoms with Crippen LogP contribution < -0.4 is 10.1 Å². The number of hydrogen-bond donors (Lipinski definition) is 2. The van der Waals surface area contributed by atoms with Gasteiger partial charge in [0.2, 0.25) is 0 Å². The Morgan fingerprint density at radius 1 is 1.36 bits per heavy atom. The van der Waals surface area contributed by atoms with E-state index < -0.39 is 23.7 Å². The number of fused-ring (bicyclic) bond motifs is 1. The lowest BCUT2D eigenvalue weighted by molar-refractivity contribution is -0.147. The molecule has 0 fully saturated rings. The molecular formula is C20H21N3O5. The average Bonchev–Trinajstić information content (AvgIpc) is 2.72. The fourth-order valence-electron chi connectivity index (χ4n) is 3.35. The number of nitrogens with zero attached hydrogens (tertiary/aromatic N) is 2. The van der Waals surface area contributed by atoms with E-state index in [1.807, 2.05) is 0 Å². The first-order chi connectivity index (χ1) is 13.5. The van der Waals surface area contributed by atoms with E-state index in [4.69, 9.17) is 14.2 Å². The van der Waals surface area contributed by atoms with Gasteiger partial charge in [-0.3, -0.25) is 9.78 Å². The molecule has 1 aromatic heterocycles. The normalized spacial score (nSPS) is 19.8. The molecule has 1 aliphatic heterocycles. The number of aromatic nitrogens is 1. The third-order valence-corrected chi connectivity index (χ3v) is 4.63. The standard InChI is InChI=1S/C20H21N3O5/c1-26-11-20(12-27-2)18(24)17(23-19(25)14-4-3-7-22-10-14)15-8-13(9-21)5-6-16(15)28-20/h3-8,10,17-18,24H,11-12H2,1-2H3,(H,23,25)/t17-,18+/m1/s1. The molecule has 0 saturated carbocycles. The lowest BCUT2D eigenvalue weighted by Crippen LogP contribution is -2.61. The Kier molecular flexibility index (Phi) is 5.90. The Labute approximate surface area is 162 Å². The molecule has 2 atom stereocenters. The van der Waals surface area contributed by atoms with E-state index in [2.05, 4.69) is 16.4 Å². The lowest BCUT2D eigenvalue weighted by Gasteiger charge is -2.45. The summed E-state index contributed by atoms with van der Waals surface area (Å²) in [4.78, 5) is 16.7. The number of rotatable bonds is 6. The average molecular weight is 383 g/mol. The van der Waals surface area contributed by atoms with Gasteiger partial charge in [-0.05, 0) is 30.3 Å². The van der Waals surface area contributed by atoms with E-state index in [1.165, 1.54) is 20.4 Å². The first kappa shape index (κ1) is 19.8. The number of aliphatic hydroxyl groups excluding tert-OH is 1. The molecule has 1 aromatic carbocycles. The van der Waals surface area contributed by atoms with E-state index in [9.17, 15) is 15.2 Å². The van der Waals surface area contributed by atoms with Crippen LogP contribution in [0.5, 0.6) is 5.75 Å². The van der Waals surface area contributed by atoms with Gasteiger partial charge in [-0.2, -0.15) is 5.26 Å². The fourth-order valence-corrected chi connectivity index (χ4v) is 3.35. The maximum absolute atomic E-state index is 12.7. The van der Waals surface area contributed by atoms with Crippen LogP contribution in [0.15, 0.2) is 42.7 Å². The first-order valence-corrected chi connectivity index (χ1v) is 8.64. The quantitative estimate of drug-likeness (QED) is 0.771. The highest BCUT2D eigenvalue weighted by Crippen LogP contribution is 2.41. The molecule has 0 spiro atoms. The Morgan fingerprint density at radius 3 is 2.71 bits per heavy atom. The lowest BCUT2D eigenvalue weighted by atomic mass is 9.84. The monoisotopic (exact) mass is 383 g/mol. The highest BCUT2D eigenvalue weighted by atomic mass is 16.6. The Balaban J connectivity index is 2.04. The minimum Gasteiger partial charge on any atom is -0.479 e. The number of aliphatic hydroxyl groups is 1. The molecular weight excluding hydrogens is 362 g/mol. The van der Waals surface area contributed by atoms with E-state index in [-0.39, 0.29) is 13.2 Å². The topological polar surface area (TPSA) is 114 Å².